The van der Waals surface area contributed by atoms with Gasteiger partial charge in [0, 0.05) is 31.5 Å². The number of nitrogens with one attached hydrogen (secondary N) is 2. The first kappa shape index (κ1) is 32.1. The van der Waals surface area contributed by atoms with Gasteiger partial charge in [-0.2, -0.15) is 0 Å². The number of carbonyl (C=O) groups excluding carboxylic acids is 2. The van der Waals surface area contributed by atoms with Gasteiger partial charge in [-0.05, 0) is 23.8 Å². The van der Waals surface area contributed by atoms with Crippen molar-refractivity contribution in [1.29, 1.82) is 0 Å². The average molecular weight is 619 g/mol. The summed E-state index contributed by atoms with van der Waals surface area (Å²) in [5.41, 5.74) is 3.40. The van der Waals surface area contributed by atoms with Crippen molar-refractivity contribution in [2.45, 2.75) is 32.0 Å². The van der Waals surface area contributed by atoms with Crippen molar-refractivity contribution >= 4 is 37.2 Å². The van der Waals surface area contributed by atoms with Gasteiger partial charge in [0.25, 0.3) is 0 Å². The zero-order valence-corrected chi connectivity index (χ0v) is 23.0. The summed E-state index contributed by atoms with van der Waals surface area (Å²) >= 11 is 5.97. The predicted molar refractivity (Wildman–Crippen MR) is 140 cm³/mol. The number of aromatic nitrogens is 1. The molecule has 0 saturated heterocycles. The first-order chi connectivity index (χ1) is 19.3. The van der Waals surface area contributed by atoms with Gasteiger partial charge in [-0.15, -0.1) is 0 Å². The summed E-state index contributed by atoms with van der Waals surface area (Å²) in [6, 6.07) is 9.76. The maximum absolute atomic E-state index is 13.8. The molecule has 13 nitrogen and oxygen atoms in total. The fourth-order valence-electron chi connectivity index (χ4n) is 3.59. The number of anilines is 1. The van der Waals surface area contributed by atoms with Crippen LogP contribution in [0.4, 0.5) is 19.4 Å². The number of ether oxygens (including phenoxy) is 1. The minimum Gasteiger partial charge on any atom is -0.447 e. The number of aliphatic hydroxyl groups is 1. The molecular formula is C24H26ClF2N4O9P. The molecule has 3 aromatic rings. The van der Waals surface area contributed by atoms with Gasteiger partial charge in [-0.25, -0.2) is 23.6 Å². The van der Waals surface area contributed by atoms with E-state index in [-0.39, 0.29) is 29.6 Å². The molecule has 0 saturated carbocycles. The number of hydrazine groups is 1. The number of nitrogens with zero attached hydrogens (tertiary/aromatic N) is 2. The molecule has 0 spiro atoms. The number of phosphoric acid groups is 1. The van der Waals surface area contributed by atoms with E-state index in [9.17, 15) is 28.0 Å². The van der Waals surface area contributed by atoms with Crippen molar-refractivity contribution in [2.75, 3.05) is 18.5 Å². The van der Waals surface area contributed by atoms with E-state index in [2.05, 4.69) is 20.4 Å². The third-order valence-electron chi connectivity index (χ3n) is 5.41. The fourth-order valence-corrected chi connectivity index (χ4v) is 4.15. The number of hydrogen-bond acceptors (Lipinski definition) is 9. The Hall–Kier alpha value is -3.43. The van der Waals surface area contributed by atoms with Gasteiger partial charge in [0.2, 0.25) is 5.91 Å². The van der Waals surface area contributed by atoms with Crippen LogP contribution in [-0.2, 0) is 25.2 Å². The van der Waals surface area contributed by atoms with Crippen LogP contribution in [0.25, 0.3) is 11.3 Å². The van der Waals surface area contributed by atoms with Crippen LogP contribution in [0.5, 0.6) is 0 Å². The number of halogens is 3. The molecule has 222 valence electrons. The molecule has 2 unspecified atom stereocenters. The van der Waals surface area contributed by atoms with Gasteiger partial charge < -0.3 is 24.2 Å². The molecule has 0 fully saturated rings. The van der Waals surface area contributed by atoms with Crippen LogP contribution in [0.1, 0.15) is 18.9 Å². The average Bonchev–Trinajstić information content (AvgIpc) is 3.36. The second-order valence-corrected chi connectivity index (χ2v) is 10.2. The van der Waals surface area contributed by atoms with Crippen LogP contribution in [0.3, 0.4) is 0 Å². The minimum absolute atomic E-state index is 0.0665. The maximum Gasteiger partial charge on any atom is 0.469 e. The van der Waals surface area contributed by atoms with Crippen molar-refractivity contribution < 1.29 is 51.6 Å². The summed E-state index contributed by atoms with van der Waals surface area (Å²) in [4.78, 5) is 42.8. The molecule has 2 aromatic carbocycles. The summed E-state index contributed by atoms with van der Waals surface area (Å²) in [6.07, 6.45) is -2.92. The Morgan fingerprint density at radius 2 is 1.90 bits per heavy atom. The maximum atomic E-state index is 13.8. The summed E-state index contributed by atoms with van der Waals surface area (Å²) in [6.45, 7) is -0.308. The van der Waals surface area contributed by atoms with Crippen molar-refractivity contribution in [1.82, 2.24) is 15.6 Å². The van der Waals surface area contributed by atoms with Crippen LogP contribution in [0.15, 0.2) is 53.1 Å². The Morgan fingerprint density at radius 3 is 2.59 bits per heavy atom. The molecule has 0 aliphatic heterocycles. The lowest BCUT2D eigenvalue weighted by atomic mass is 10.1. The topological polar surface area (TPSA) is 184 Å². The summed E-state index contributed by atoms with van der Waals surface area (Å²) in [7, 11) is -4.90. The van der Waals surface area contributed by atoms with E-state index >= 15 is 0 Å². The lowest BCUT2D eigenvalue weighted by Crippen LogP contribution is -2.52. The highest BCUT2D eigenvalue weighted by Crippen LogP contribution is 2.36. The number of amides is 2. The number of hydrogen-bond donors (Lipinski definition) is 5. The molecule has 3 rings (SSSR count). The Kier molecular flexibility index (Phi) is 11.3. The summed E-state index contributed by atoms with van der Waals surface area (Å²) < 4.78 is 52.9. The molecule has 5 N–H and O–H groups in total. The van der Waals surface area contributed by atoms with Crippen LogP contribution in [-0.4, -0.2) is 62.4 Å². The third-order valence-corrected chi connectivity index (χ3v) is 6.32. The number of rotatable bonds is 13. The van der Waals surface area contributed by atoms with Gasteiger partial charge in [-0.3, -0.25) is 19.6 Å². The lowest BCUT2D eigenvalue weighted by molar-refractivity contribution is -0.137. The highest BCUT2D eigenvalue weighted by Gasteiger charge is 2.28. The molecule has 2 atom stereocenters. The van der Waals surface area contributed by atoms with E-state index < -0.39 is 56.8 Å². The number of carbonyl (C=O) groups is 2. The van der Waals surface area contributed by atoms with Crippen molar-refractivity contribution in [2.24, 2.45) is 0 Å². The van der Waals surface area contributed by atoms with E-state index in [4.69, 9.17) is 30.6 Å². The second-order valence-electron chi connectivity index (χ2n) is 8.58. The molecular weight excluding hydrogens is 593 g/mol. The highest BCUT2D eigenvalue weighted by atomic mass is 35.5. The standard InChI is InChI=1S/C24H26ClF2N4O9P/c1-14(32)31(28-11-16-5-3-7-20(27)23(16)25)18(9-19(33)13-39-41(35,36)37)12-38-24(34)29-22-10-21(40-30-22)15-4-2-6-17(26)8-15/h2-8,10,18-19,28,33H,9,11-13H2,1H3,(H,29,30,34)(H2,35,36,37). The Morgan fingerprint density at radius 1 is 1.17 bits per heavy atom. The van der Waals surface area contributed by atoms with E-state index in [1.165, 1.54) is 36.4 Å². The lowest BCUT2D eigenvalue weighted by Gasteiger charge is -2.32. The quantitative estimate of drug-likeness (QED) is 0.139. The second kappa shape index (κ2) is 14.5. The third kappa shape index (κ3) is 10.2. The normalized spacial score (nSPS) is 13.0. The smallest absolute Gasteiger partial charge is 0.447 e. The Bertz CT molecular complexity index is 1410. The first-order valence-corrected chi connectivity index (χ1v) is 13.7. The van der Waals surface area contributed by atoms with Crippen LogP contribution in [0.2, 0.25) is 5.02 Å². The first-order valence-electron chi connectivity index (χ1n) is 11.8. The van der Waals surface area contributed by atoms with Gasteiger partial charge in [-0.1, -0.05) is 41.0 Å². The predicted octanol–water partition coefficient (Wildman–Crippen LogP) is 3.60. The van der Waals surface area contributed by atoms with Crippen molar-refractivity contribution in [3.05, 3.63) is 70.8 Å². The molecule has 41 heavy (non-hydrogen) atoms. The molecule has 0 radical (unpaired) electrons. The number of aliphatic hydroxyl groups excluding tert-OH is 1. The number of phosphoric ester groups is 1. The monoisotopic (exact) mass is 618 g/mol. The molecule has 2 amide bonds. The molecule has 0 aliphatic carbocycles. The fraction of sp³-hybridized carbons (Fsp3) is 0.292. The Balaban J connectivity index is 1.69. The molecule has 0 bridgehead atoms. The van der Waals surface area contributed by atoms with Gasteiger partial charge in [0.15, 0.2) is 11.6 Å². The van der Waals surface area contributed by atoms with E-state index in [0.717, 1.165) is 18.0 Å². The van der Waals surface area contributed by atoms with Crippen molar-refractivity contribution in [3.8, 4) is 11.3 Å². The van der Waals surface area contributed by atoms with E-state index in [0.29, 0.717) is 11.1 Å². The molecule has 17 heteroatoms. The summed E-state index contributed by atoms with van der Waals surface area (Å²) in [5, 5.41) is 17.1. The van der Waals surface area contributed by atoms with Crippen LogP contribution in [0, 0.1) is 11.6 Å². The zero-order chi connectivity index (χ0) is 30.2. The van der Waals surface area contributed by atoms with Crippen LogP contribution < -0.4 is 10.7 Å². The molecule has 1 heterocycles. The minimum atomic E-state index is -4.90. The Labute approximate surface area is 237 Å². The highest BCUT2D eigenvalue weighted by molar-refractivity contribution is 7.46. The summed E-state index contributed by atoms with van der Waals surface area (Å²) in [5.74, 6) is -1.70. The number of benzene rings is 2. The van der Waals surface area contributed by atoms with E-state index in [1.54, 1.807) is 6.07 Å². The molecule has 1 aromatic heterocycles. The van der Waals surface area contributed by atoms with Gasteiger partial charge in [0.1, 0.15) is 18.2 Å². The largest absolute Gasteiger partial charge is 0.469 e. The van der Waals surface area contributed by atoms with Crippen LogP contribution >= 0.6 is 19.4 Å². The van der Waals surface area contributed by atoms with Crippen molar-refractivity contribution in [3.63, 3.8) is 0 Å². The van der Waals surface area contributed by atoms with E-state index in [1.807, 2.05) is 0 Å². The van der Waals surface area contributed by atoms with Gasteiger partial charge in [0.05, 0.1) is 23.8 Å². The SMILES string of the molecule is CC(=O)N(NCc1cccc(F)c1Cl)C(COC(=O)Nc1cc(-c2cccc(F)c2)on1)CC(O)COP(=O)(O)O. The van der Waals surface area contributed by atoms with Gasteiger partial charge >= 0.3 is 13.9 Å². The zero-order valence-electron chi connectivity index (χ0n) is 21.4. The molecule has 0 aliphatic rings.